The maximum absolute atomic E-state index is 4.57. The molecule has 1 saturated carbocycles. The zero-order valence-electron chi connectivity index (χ0n) is 16.5. The van der Waals surface area contributed by atoms with Gasteiger partial charge in [-0.2, -0.15) is 0 Å². The Bertz CT molecular complexity index is 940. The first-order valence-electron chi connectivity index (χ1n) is 10.6. The molecule has 1 aliphatic carbocycles. The maximum Gasteiger partial charge on any atom is 0.214 e. The number of hydrogen-bond donors (Lipinski definition) is 1. The van der Waals surface area contributed by atoms with Crippen molar-refractivity contribution in [3.8, 4) is 0 Å². The average molecular weight is 375 g/mol. The molecule has 1 aromatic heterocycles. The smallest absolute Gasteiger partial charge is 0.214 e. The maximum atomic E-state index is 4.57. The number of tetrazole rings is 1. The van der Waals surface area contributed by atoms with Crippen LogP contribution < -0.4 is 4.90 Å². The Hall–Kier alpha value is -2.53. The van der Waals surface area contributed by atoms with E-state index in [1.54, 1.807) is 0 Å². The van der Waals surface area contributed by atoms with E-state index >= 15 is 0 Å². The van der Waals surface area contributed by atoms with E-state index in [1.807, 2.05) is 0 Å². The van der Waals surface area contributed by atoms with Gasteiger partial charge in [0, 0.05) is 17.5 Å². The number of aromatic nitrogens is 4. The highest BCUT2D eigenvalue weighted by molar-refractivity contribution is 5.29. The Morgan fingerprint density at radius 1 is 1.00 bits per heavy atom. The third kappa shape index (κ3) is 3.24. The number of rotatable bonds is 4. The summed E-state index contributed by atoms with van der Waals surface area (Å²) in [6.07, 6.45) is 6.05. The first-order chi connectivity index (χ1) is 13.8. The molecule has 0 spiro atoms. The molecule has 0 radical (unpaired) electrons. The lowest BCUT2D eigenvalue weighted by atomic mass is 9.95. The second-order valence-corrected chi connectivity index (χ2v) is 8.37. The first-order valence-corrected chi connectivity index (χ1v) is 10.6. The minimum atomic E-state index is 0.171. The highest BCUT2D eigenvalue weighted by Gasteiger charge is 2.35. The summed E-state index contributed by atoms with van der Waals surface area (Å²) in [5.74, 6) is 1.03. The van der Waals surface area contributed by atoms with Crippen LogP contribution in [0.3, 0.4) is 0 Å². The van der Waals surface area contributed by atoms with Gasteiger partial charge in [0.2, 0.25) is 5.82 Å². The lowest BCUT2D eigenvalue weighted by molar-refractivity contribution is -0.941. The van der Waals surface area contributed by atoms with Gasteiger partial charge in [0.1, 0.15) is 6.54 Å². The topological polar surface area (TPSA) is 48.0 Å². The summed E-state index contributed by atoms with van der Waals surface area (Å²) in [6, 6.07) is 18.4. The van der Waals surface area contributed by atoms with E-state index in [2.05, 4.69) is 75.7 Å². The fourth-order valence-corrected chi connectivity index (χ4v) is 4.97. The van der Waals surface area contributed by atoms with Crippen molar-refractivity contribution in [2.24, 2.45) is 0 Å². The van der Waals surface area contributed by atoms with Gasteiger partial charge in [-0.3, -0.25) is 0 Å². The van der Waals surface area contributed by atoms with Crippen LogP contribution in [-0.4, -0.2) is 26.8 Å². The van der Waals surface area contributed by atoms with Crippen LogP contribution >= 0.6 is 0 Å². The van der Waals surface area contributed by atoms with Crippen LogP contribution in [0, 0.1) is 6.92 Å². The summed E-state index contributed by atoms with van der Waals surface area (Å²) in [4.78, 5) is 1.54. The van der Waals surface area contributed by atoms with E-state index in [-0.39, 0.29) is 6.04 Å². The minimum absolute atomic E-state index is 0.171. The van der Waals surface area contributed by atoms with Crippen molar-refractivity contribution >= 4 is 0 Å². The fourth-order valence-electron chi connectivity index (χ4n) is 4.97. The zero-order chi connectivity index (χ0) is 18.9. The highest BCUT2D eigenvalue weighted by Crippen LogP contribution is 2.31. The van der Waals surface area contributed by atoms with E-state index in [1.165, 1.54) is 52.8 Å². The van der Waals surface area contributed by atoms with Gasteiger partial charge in [0.15, 0.2) is 6.04 Å². The quantitative estimate of drug-likeness (QED) is 0.764. The van der Waals surface area contributed by atoms with Crippen molar-refractivity contribution in [2.45, 2.75) is 57.7 Å². The molecule has 1 fully saturated rings. The number of quaternary nitrogens is 1. The fraction of sp³-hybridized carbons (Fsp3) is 0.435. The Morgan fingerprint density at radius 2 is 1.75 bits per heavy atom. The summed E-state index contributed by atoms with van der Waals surface area (Å²) < 4.78 is 2.14. The van der Waals surface area contributed by atoms with Gasteiger partial charge in [-0.1, -0.05) is 66.9 Å². The molecule has 2 aromatic carbocycles. The molecule has 0 saturated heterocycles. The summed E-state index contributed by atoms with van der Waals surface area (Å²) >= 11 is 0. The van der Waals surface area contributed by atoms with Crippen molar-refractivity contribution in [3.63, 3.8) is 0 Å². The van der Waals surface area contributed by atoms with Crippen molar-refractivity contribution < 1.29 is 4.90 Å². The summed E-state index contributed by atoms with van der Waals surface area (Å²) in [6.45, 7) is 4.27. The van der Waals surface area contributed by atoms with Crippen molar-refractivity contribution in [1.82, 2.24) is 20.2 Å². The second-order valence-electron chi connectivity index (χ2n) is 8.37. The monoisotopic (exact) mass is 374 g/mol. The van der Waals surface area contributed by atoms with Crippen molar-refractivity contribution in [1.29, 1.82) is 0 Å². The lowest BCUT2D eigenvalue weighted by Crippen LogP contribution is -3.12. The molecule has 1 aliphatic heterocycles. The molecule has 1 N–H and O–H groups in total. The lowest BCUT2D eigenvalue weighted by Gasteiger charge is -2.32. The van der Waals surface area contributed by atoms with Gasteiger partial charge >= 0.3 is 0 Å². The highest BCUT2D eigenvalue weighted by atomic mass is 15.6. The van der Waals surface area contributed by atoms with Gasteiger partial charge in [-0.05, 0) is 35.8 Å². The summed E-state index contributed by atoms with van der Waals surface area (Å²) in [5.41, 5.74) is 5.55. The van der Waals surface area contributed by atoms with Crippen LogP contribution in [0.25, 0.3) is 0 Å². The molecule has 5 nitrogen and oxygen atoms in total. The van der Waals surface area contributed by atoms with Gasteiger partial charge in [0.25, 0.3) is 0 Å². The van der Waals surface area contributed by atoms with Crippen LogP contribution in [0.1, 0.15) is 65.8 Å². The van der Waals surface area contributed by atoms with E-state index in [0.717, 1.165) is 25.3 Å². The molecule has 5 heteroatoms. The molecule has 28 heavy (non-hydrogen) atoms. The zero-order valence-corrected chi connectivity index (χ0v) is 16.5. The van der Waals surface area contributed by atoms with Crippen LogP contribution in [0.5, 0.6) is 0 Å². The molecule has 3 aromatic rings. The molecule has 1 unspecified atom stereocenters. The SMILES string of the molecule is Cc1ccc([C@@H](c2nnnn2C2CCCC2)[NH+]2CCc3ccccc3C2)cc1. The Balaban J connectivity index is 1.55. The molecular formula is C23H28N5+. The van der Waals surface area contributed by atoms with Gasteiger partial charge in [-0.15, -0.1) is 5.10 Å². The molecule has 2 aliphatic rings. The Morgan fingerprint density at radius 3 is 2.54 bits per heavy atom. The third-order valence-corrected chi connectivity index (χ3v) is 6.52. The molecule has 5 rings (SSSR count). The van der Waals surface area contributed by atoms with Crippen LogP contribution in [0.15, 0.2) is 48.5 Å². The standard InChI is InChI=1S/C23H27N5/c1-17-10-12-19(13-11-17)22(23-24-25-26-28(23)21-8-4-5-9-21)27-15-14-18-6-2-3-7-20(18)16-27/h2-3,6-7,10-13,21-22H,4-5,8-9,14-16H2,1H3/p+1/t22-/m0/s1. The number of fused-ring (bicyclic) bond motifs is 1. The predicted octanol–water partition coefficient (Wildman–Crippen LogP) is 2.83. The summed E-state index contributed by atoms with van der Waals surface area (Å²) in [5, 5.41) is 13.1. The number of nitrogens with one attached hydrogen (secondary N) is 1. The summed E-state index contributed by atoms with van der Waals surface area (Å²) in [7, 11) is 0. The molecule has 2 heterocycles. The Labute approximate surface area is 166 Å². The Kier molecular flexibility index (Phi) is 4.69. The van der Waals surface area contributed by atoms with E-state index in [9.17, 15) is 0 Å². The molecule has 2 atom stereocenters. The van der Waals surface area contributed by atoms with Gasteiger partial charge in [0.05, 0.1) is 12.6 Å². The second kappa shape index (κ2) is 7.47. The van der Waals surface area contributed by atoms with E-state index in [4.69, 9.17) is 0 Å². The van der Waals surface area contributed by atoms with Crippen molar-refractivity contribution in [3.05, 3.63) is 76.6 Å². The van der Waals surface area contributed by atoms with Gasteiger partial charge in [-0.25, -0.2) is 4.68 Å². The normalized spacial score (nSPS) is 20.8. The number of hydrogen-bond acceptors (Lipinski definition) is 3. The van der Waals surface area contributed by atoms with E-state index < -0.39 is 0 Å². The number of nitrogens with zero attached hydrogens (tertiary/aromatic N) is 4. The van der Waals surface area contributed by atoms with Gasteiger partial charge < -0.3 is 4.90 Å². The molecule has 144 valence electrons. The van der Waals surface area contributed by atoms with Crippen LogP contribution in [0.4, 0.5) is 0 Å². The number of aryl methyl sites for hydroxylation is 1. The average Bonchev–Trinajstić information content (AvgIpc) is 3.41. The van der Waals surface area contributed by atoms with Crippen LogP contribution in [-0.2, 0) is 13.0 Å². The van der Waals surface area contributed by atoms with Crippen molar-refractivity contribution in [2.75, 3.05) is 6.54 Å². The predicted molar refractivity (Wildman–Crippen MR) is 108 cm³/mol. The third-order valence-electron chi connectivity index (χ3n) is 6.52. The number of benzene rings is 2. The molecule has 0 amide bonds. The molecular weight excluding hydrogens is 346 g/mol. The molecule has 0 bridgehead atoms. The van der Waals surface area contributed by atoms with E-state index in [0.29, 0.717) is 6.04 Å². The minimum Gasteiger partial charge on any atom is -0.318 e. The first kappa shape index (κ1) is 17.6. The van der Waals surface area contributed by atoms with Crippen LogP contribution in [0.2, 0.25) is 0 Å². The largest absolute Gasteiger partial charge is 0.318 e.